The summed E-state index contributed by atoms with van der Waals surface area (Å²) in [6.45, 7) is 0.482. The molecule has 1 saturated heterocycles. The number of carbonyl (C=O) groups excluding carboxylic acids is 1. The van der Waals surface area contributed by atoms with Crippen molar-refractivity contribution >= 4 is 5.97 Å². The van der Waals surface area contributed by atoms with Gasteiger partial charge in [-0.15, -0.1) is 0 Å². The molecule has 104 valence electrons. The lowest BCUT2D eigenvalue weighted by Gasteiger charge is -2.15. The van der Waals surface area contributed by atoms with Crippen LogP contribution in [0.1, 0.15) is 12.0 Å². The van der Waals surface area contributed by atoms with E-state index in [0.29, 0.717) is 30.3 Å². The zero-order valence-electron chi connectivity index (χ0n) is 11.4. The van der Waals surface area contributed by atoms with Crippen LogP contribution in [0.2, 0.25) is 0 Å². The lowest BCUT2D eigenvalue weighted by atomic mass is 9.98. The van der Waals surface area contributed by atoms with Gasteiger partial charge in [0.15, 0.2) is 11.5 Å². The van der Waals surface area contributed by atoms with Gasteiger partial charge in [-0.05, 0) is 24.1 Å². The van der Waals surface area contributed by atoms with E-state index in [1.54, 1.807) is 21.3 Å². The quantitative estimate of drug-likeness (QED) is 0.761. The Morgan fingerprint density at radius 3 is 2.21 bits per heavy atom. The summed E-state index contributed by atoms with van der Waals surface area (Å²) in [6.07, 6.45) is 1.22. The number of hydrogen-bond acceptors (Lipinski definition) is 5. The van der Waals surface area contributed by atoms with Crippen molar-refractivity contribution in [3.05, 3.63) is 17.7 Å². The topological polar surface area (TPSA) is 54.0 Å². The van der Waals surface area contributed by atoms with Crippen molar-refractivity contribution in [1.29, 1.82) is 0 Å². The van der Waals surface area contributed by atoms with Crippen molar-refractivity contribution in [2.75, 3.05) is 27.9 Å². The van der Waals surface area contributed by atoms with Gasteiger partial charge in [0.05, 0.1) is 34.4 Å². The molecule has 19 heavy (non-hydrogen) atoms. The minimum absolute atomic E-state index is 0.127. The summed E-state index contributed by atoms with van der Waals surface area (Å²) >= 11 is 0. The highest BCUT2D eigenvalue weighted by Crippen LogP contribution is 2.39. The van der Waals surface area contributed by atoms with Gasteiger partial charge < -0.3 is 18.9 Å². The number of cyclic esters (lactones) is 1. The Labute approximate surface area is 112 Å². The summed E-state index contributed by atoms with van der Waals surface area (Å²) in [5, 5.41) is 0. The Bertz CT molecular complexity index is 444. The first-order chi connectivity index (χ1) is 9.17. The van der Waals surface area contributed by atoms with Crippen LogP contribution in [0.25, 0.3) is 0 Å². The van der Waals surface area contributed by atoms with Gasteiger partial charge in [-0.3, -0.25) is 4.79 Å². The van der Waals surface area contributed by atoms with Gasteiger partial charge in [0.2, 0.25) is 5.75 Å². The highest BCUT2D eigenvalue weighted by Gasteiger charge is 2.25. The van der Waals surface area contributed by atoms with Crippen LogP contribution in [0.3, 0.4) is 0 Å². The third-order valence-electron chi connectivity index (χ3n) is 3.18. The largest absolute Gasteiger partial charge is 0.493 e. The molecule has 1 aromatic carbocycles. The van der Waals surface area contributed by atoms with E-state index in [2.05, 4.69) is 0 Å². The molecule has 1 aliphatic rings. The maximum absolute atomic E-state index is 11.1. The van der Waals surface area contributed by atoms with Crippen molar-refractivity contribution in [3.8, 4) is 17.2 Å². The first-order valence-corrected chi connectivity index (χ1v) is 6.12. The van der Waals surface area contributed by atoms with Gasteiger partial charge in [-0.25, -0.2) is 0 Å². The normalized spacial score (nSPS) is 18.1. The molecule has 0 spiro atoms. The van der Waals surface area contributed by atoms with E-state index in [9.17, 15) is 4.79 Å². The number of ether oxygens (including phenoxy) is 4. The fraction of sp³-hybridized carbons (Fsp3) is 0.500. The number of carbonyl (C=O) groups is 1. The van der Waals surface area contributed by atoms with Crippen LogP contribution in [-0.2, 0) is 16.0 Å². The Morgan fingerprint density at radius 2 is 1.79 bits per heavy atom. The highest BCUT2D eigenvalue weighted by atomic mass is 16.5. The smallest absolute Gasteiger partial charge is 0.306 e. The number of hydrogen-bond donors (Lipinski definition) is 0. The van der Waals surface area contributed by atoms with Gasteiger partial charge in [0.1, 0.15) is 0 Å². The second-order valence-electron chi connectivity index (χ2n) is 4.49. The SMILES string of the molecule is COc1cc(CC2COC(=O)C2)cc(OC)c1OC. The molecular weight excluding hydrogens is 248 g/mol. The molecule has 5 heteroatoms. The molecule has 0 bridgehead atoms. The molecule has 5 nitrogen and oxygen atoms in total. The van der Waals surface area contributed by atoms with Gasteiger partial charge >= 0.3 is 5.97 Å². The van der Waals surface area contributed by atoms with Gasteiger partial charge in [0.25, 0.3) is 0 Å². The zero-order chi connectivity index (χ0) is 13.8. The summed E-state index contributed by atoms with van der Waals surface area (Å²) in [5.74, 6) is 1.92. The van der Waals surface area contributed by atoms with E-state index in [0.717, 1.165) is 12.0 Å². The lowest BCUT2D eigenvalue weighted by Crippen LogP contribution is -2.05. The molecule has 2 rings (SSSR count). The fourth-order valence-corrected chi connectivity index (χ4v) is 2.28. The predicted molar refractivity (Wildman–Crippen MR) is 68.9 cm³/mol. The summed E-state index contributed by atoms with van der Waals surface area (Å²) in [4.78, 5) is 11.1. The first kappa shape index (κ1) is 13.5. The van der Waals surface area contributed by atoms with Crippen molar-refractivity contribution in [3.63, 3.8) is 0 Å². The molecule has 1 unspecified atom stereocenters. The average Bonchev–Trinajstić information content (AvgIpc) is 2.82. The molecule has 1 atom stereocenters. The summed E-state index contributed by atoms with van der Waals surface area (Å²) in [7, 11) is 4.75. The maximum Gasteiger partial charge on any atom is 0.306 e. The van der Waals surface area contributed by atoms with Crippen LogP contribution in [0.15, 0.2) is 12.1 Å². The maximum atomic E-state index is 11.1. The standard InChI is InChI=1S/C14H18O5/c1-16-11-5-9(4-10-7-13(15)19-8-10)6-12(17-2)14(11)18-3/h5-6,10H,4,7-8H2,1-3H3. The van der Waals surface area contributed by atoms with Crippen LogP contribution >= 0.6 is 0 Å². The number of esters is 1. The predicted octanol–water partition coefficient (Wildman–Crippen LogP) is 1.82. The van der Waals surface area contributed by atoms with Crippen molar-refractivity contribution in [2.45, 2.75) is 12.8 Å². The molecule has 1 heterocycles. The van der Waals surface area contributed by atoms with Crippen LogP contribution < -0.4 is 14.2 Å². The van der Waals surface area contributed by atoms with E-state index < -0.39 is 0 Å². The summed E-state index contributed by atoms with van der Waals surface area (Å²) in [5.41, 5.74) is 1.04. The Balaban J connectivity index is 2.23. The van der Waals surface area contributed by atoms with E-state index in [-0.39, 0.29) is 11.9 Å². The molecule has 1 fully saturated rings. The van der Waals surface area contributed by atoms with Crippen LogP contribution in [0, 0.1) is 5.92 Å². The second kappa shape index (κ2) is 5.82. The second-order valence-corrected chi connectivity index (χ2v) is 4.49. The minimum Gasteiger partial charge on any atom is -0.493 e. The summed E-state index contributed by atoms with van der Waals surface area (Å²) in [6, 6.07) is 3.81. The molecule has 0 radical (unpaired) electrons. The zero-order valence-corrected chi connectivity index (χ0v) is 11.4. The monoisotopic (exact) mass is 266 g/mol. The van der Waals surface area contributed by atoms with E-state index in [1.165, 1.54) is 0 Å². The number of benzene rings is 1. The molecule has 0 amide bonds. The van der Waals surface area contributed by atoms with E-state index in [1.807, 2.05) is 12.1 Å². The lowest BCUT2D eigenvalue weighted by molar-refractivity contribution is -0.137. The first-order valence-electron chi connectivity index (χ1n) is 6.12. The average molecular weight is 266 g/mol. The fourth-order valence-electron chi connectivity index (χ4n) is 2.28. The molecule has 0 N–H and O–H groups in total. The Hall–Kier alpha value is -1.91. The van der Waals surface area contributed by atoms with Crippen LogP contribution in [0.5, 0.6) is 17.2 Å². The Morgan fingerprint density at radius 1 is 1.16 bits per heavy atom. The van der Waals surface area contributed by atoms with Crippen LogP contribution in [-0.4, -0.2) is 33.9 Å². The highest BCUT2D eigenvalue weighted by molar-refractivity contribution is 5.71. The van der Waals surface area contributed by atoms with E-state index >= 15 is 0 Å². The molecule has 1 aliphatic heterocycles. The third-order valence-corrected chi connectivity index (χ3v) is 3.18. The molecule has 1 aromatic rings. The Kier molecular flexibility index (Phi) is 4.14. The third kappa shape index (κ3) is 2.92. The summed E-state index contributed by atoms with van der Waals surface area (Å²) < 4.78 is 20.8. The molecule has 0 aliphatic carbocycles. The molecule has 0 aromatic heterocycles. The molecule has 0 saturated carbocycles. The van der Waals surface area contributed by atoms with Gasteiger partial charge in [-0.1, -0.05) is 0 Å². The van der Waals surface area contributed by atoms with Gasteiger partial charge in [-0.2, -0.15) is 0 Å². The number of methoxy groups -OCH3 is 3. The van der Waals surface area contributed by atoms with Crippen molar-refractivity contribution in [2.24, 2.45) is 5.92 Å². The van der Waals surface area contributed by atoms with Crippen LogP contribution in [0.4, 0.5) is 0 Å². The van der Waals surface area contributed by atoms with Crippen molar-refractivity contribution < 1.29 is 23.7 Å². The molecular formula is C14H18O5. The number of rotatable bonds is 5. The minimum atomic E-state index is -0.127. The van der Waals surface area contributed by atoms with E-state index in [4.69, 9.17) is 18.9 Å². The van der Waals surface area contributed by atoms with Crippen molar-refractivity contribution in [1.82, 2.24) is 0 Å². The van der Waals surface area contributed by atoms with Gasteiger partial charge in [0, 0.05) is 5.92 Å².